The van der Waals surface area contributed by atoms with Crippen LogP contribution >= 0.6 is 0 Å². The van der Waals surface area contributed by atoms with Crippen LogP contribution in [0.4, 0.5) is 0 Å². The fourth-order valence-corrected chi connectivity index (χ4v) is 3.97. The third kappa shape index (κ3) is 4.28. The molecule has 1 aliphatic rings. The zero-order chi connectivity index (χ0) is 15.5. The zero-order valence-corrected chi connectivity index (χ0v) is 13.9. The van der Waals surface area contributed by atoms with Crippen LogP contribution in [0.3, 0.4) is 0 Å². The van der Waals surface area contributed by atoms with Crippen molar-refractivity contribution in [2.45, 2.75) is 63.6 Å². The summed E-state index contributed by atoms with van der Waals surface area (Å²) < 4.78 is 28.5. The molecule has 0 amide bonds. The second-order valence-electron chi connectivity index (χ2n) is 5.88. The van der Waals surface area contributed by atoms with Crippen molar-refractivity contribution < 1.29 is 8.42 Å². The number of nitrogens with one attached hydrogen (secondary N) is 1. The maximum atomic E-state index is 12.6. The first-order valence-corrected chi connectivity index (χ1v) is 9.17. The highest BCUT2D eigenvalue weighted by Crippen LogP contribution is 2.19. The minimum absolute atomic E-state index is 0.0465. The molecule has 0 saturated heterocycles. The minimum atomic E-state index is -3.44. The standard InChI is InChI=1S/C14H26N4O2S/c1-4-8-18(12(2)3)21(19,20)14-10-16-17(11-14)9-7-15-13-5-6-13/h10-13,15H,4-9H2,1-3H3. The van der Waals surface area contributed by atoms with Crippen molar-refractivity contribution in [3.63, 3.8) is 0 Å². The van der Waals surface area contributed by atoms with E-state index in [1.807, 2.05) is 20.8 Å². The van der Waals surface area contributed by atoms with E-state index in [0.717, 1.165) is 13.0 Å². The molecule has 6 nitrogen and oxygen atoms in total. The maximum absolute atomic E-state index is 12.6. The summed E-state index contributed by atoms with van der Waals surface area (Å²) in [5, 5.41) is 7.57. The molecule has 1 aliphatic carbocycles. The van der Waals surface area contributed by atoms with E-state index in [4.69, 9.17) is 0 Å². The summed E-state index contributed by atoms with van der Waals surface area (Å²) in [6.45, 7) is 7.84. The normalized spacial score (nSPS) is 16.0. The average molecular weight is 314 g/mol. The molecule has 21 heavy (non-hydrogen) atoms. The second kappa shape index (κ2) is 6.89. The fourth-order valence-electron chi connectivity index (χ4n) is 2.28. The van der Waals surface area contributed by atoms with Crippen LogP contribution in [0.25, 0.3) is 0 Å². The molecule has 1 fully saturated rings. The first-order chi connectivity index (χ1) is 9.95. The summed E-state index contributed by atoms with van der Waals surface area (Å²) in [6.07, 6.45) is 6.39. The number of hydrogen-bond acceptors (Lipinski definition) is 4. The molecule has 0 unspecified atom stereocenters. The van der Waals surface area contributed by atoms with E-state index >= 15 is 0 Å². The molecular weight excluding hydrogens is 288 g/mol. The highest BCUT2D eigenvalue weighted by atomic mass is 32.2. The summed E-state index contributed by atoms with van der Waals surface area (Å²) in [4.78, 5) is 0.288. The lowest BCUT2D eigenvalue weighted by Gasteiger charge is -2.24. The van der Waals surface area contributed by atoms with Crippen LogP contribution in [0.1, 0.15) is 40.0 Å². The Labute approximate surface area is 127 Å². The molecular formula is C14H26N4O2S. The molecule has 0 aliphatic heterocycles. The van der Waals surface area contributed by atoms with Gasteiger partial charge in [-0.25, -0.2) is 8.42 Å². The Morgan fingerprint density at radius 3 is 2.76 bits per heavy atom. The maximum Gasteiger partial charge on any atom is 0.246 e. The molecule has 2 rings (SSSR count). The van der Waals surface area contributed by atoms with Gasteiger partial charge in [0.05, 0.1) is 12.7 Å². The summed E-state index contributed by atoms with van der Waals surface area (Å²) in [5.74, 6) is 0. The molecule has 0 bridgehead atoms. The monoisotopic (exact) mass is 314 g/mol. The minimum Gasteiger partial charge on any atom is -0.312 e. The van der Waals surface area contributed by atoms with Crippen molar-refractivity contribution >= 4 is 10.0 Å². The van der Waals surface area contributed by atoms with Gasteiger partial charge in [-0.1, -0.05) is 6.92 Å². The molecule has 1 N–H and O–H groups in total. The molecule has 0 radical (unpaired) electrons. The van der Waals surface area contributed by atoms with Crippen LogP contribution in [0, 0.1) is 0 Å². The first-order valence-electron chi connectivity index (χ1n) is 7.72. The van der Waals surface area contributed by atoms with Gasteiger partial charge < -0.3 is 5.32 Å². The predicted octanol–water partition coefficient (Wildman–Crippen LogP) is 1.44. The summed E-state index contributed by atoms with van der Waals surface area (Å²) in [6, 6.07) is 0.611. The highest BCUT2D eigenvalue weighted by Gasteiger charge is 2.27. The number of rotatable bonds is 9. The molecule has 0 atom stereocenters. The topological polar surface area (TPSA) is 67.2 Å². The predicted molar refractivity (Wildman–Crippen MR) is 82.6 cm³/mol. The summed E-state index contributed by atoms with van der Waals surface area (Å²) in [7, 11) is -3.44. The first kappa shape index (κ1) is 16.5. The molecule has 1 aromatic heterocycles. The lowest BCUT2D eigenvalue weighted by atomic mass is 10.4. The number of hydrogen-bond donors (Lipinski definition) is 1. The Balaban J connectivity index is 2.02. The summed E-state index contributed by atoms with van der Waals surface area (Å²) in [5.41, 5.74) is 0. The highest BCUT2D eigenvalue weighted by molar-refractivity contribution is 7.89. The lowest BCUT2D eigenvalue weighted by Crippen LogP contribution is -2.37. The van der Waals surface area contributed by atoms with Gasteiger partial charge >= 0.3 is 0 Å². The van der Waals surface area contributed by atoms with E-state index in [0.29, 0.717) is 19.1 Å². The largest absolute Gasteiger partial charge is 0.312 e. The van der Waals surface area contributed by atoms with E-state index < -0.39 is 10.0 Å². The van der Waals surface area contributed by atoms with E-state index in [9.17, 15) is 8.42 Å². The van der Waals surface area contributed by atoms with Gasteiger partial charge in [-0.05, 0) is 33.1 Å². The Bertz CT molecular complexity index is 549. The van der Waals surface area contributed by atoms with Gasteiger partial charge in [-0.3, -0.25) is 4.68 Å². The SMILES string of the molecule is CCCN(C(C)C)S(=O)(=O)c1cnn(CCNC2CC2)c1. The number of sulfonamides is 1. The van der Waals surface area contributed by atoms with E-state index in [-0.39, 0.29) is 10.9 Å². The van der Waals surface area contributed by atoms with Crippen molar-refractivity contribution in [3.05, 3.63) is 12.4 Å². The quantitative estimate of drug-likeness (QED) is 0.749. The smallest absolute Gasteiger partial charge is 0.246 e. The molecule has 120 valence electrons. The molecule has 1 saturated carbocycles. The van der Waals surface area contributed by atoms with E-state index in [2.05, 4.69) is 10.4 Å². The van der Waals surface area contributed by atoms with Gasteiger partial charge in [-0.2, -0.15) is 9.40 Å². The van der Waals surface area contributed by atoms with E-state index in [1.165, 1.54) is 23.3 Å². The van der Waals surface area contributed by atoms with Gasteiger partial charge in [0.2, 0.25) is 10.0 Å². The molecule has 7 heteroatoms. The lowest BCUT2D eigenvalue weighted by molar-refractivity contribution is 0.354. The summed E-state index contributed by atoms with van der Waals surface area (Å²) >= 11 is 0. The third-order valence-electron chi connectivity index (χ3n) is 3.59. The Hall–Kier alpha value is -0.920. The molecule has 1 aromatic rings. The van der Waals surface area contributed by atoms with Crippen LogP contribution in [0.15, 0.2) is 17.3 Å². The van der Waals surface area contributed by atoms with Gasteiger partial charge in [0.15, 0.2) is 0 Å². The molecule has 0 spiro atoms. The van der Waals surface area contributed by atoms with Crippen molar-refractivity contribution in [3.8, 4) is 0 Å². The number of aromatic nitrogens is 2. The van der Waals surface area contributed by atoms with Crippen LogP contribution in [-0.2, 0) is 16.6 Å². The fraction of sp³-hybridized carbons (Fsp3) is 0.786. The molecule has 0 aromatic carbocycles. The van der Waals surface area contributed by atoms with Crippen molar-refractivity contribution in [2.75, 3.05) is 13.1 Å². The van der Waals surface area contributed by atoms with Crippen LogP contribution in [0.5, 0.6) is 0 Å². The Morgan fingerprint density at radius 1 is 1.48 bits per heavy atom. The Kier molecular flexibility index (Phi) is 5.40. The van der Waals surface area contributed by atoms with Gasteiger partial charge in [0.1, 0.15) is 4.90 Å². The Morgan fingerprint density at radius 2 is 2.19 bits per heavy atom. The van der Waals surface area contributed by atoms with Crippen LogP contribution < -0.4 is 5.32 Å². The third-order valence-corrected chi connectivity index (χ3v) is 5.62. The molecule has 1 heterocycles. The van der Waals surface area contributed by atoms with Gasteiger partial charge in [0, 0.05) is 31.4 Å². The average Bonchev–Trinajstić information content (AvgIpc) is 3.11. The van der Waals surface area contributed by atoms with Crippen LogP contribution in [0.2, 0.25) is 0 Å². The van der Waals surface area contributed by atoms with Crippen molar-refractivity contribution in [1.82, 2.24) is 19.4 Å². The van der Waals surface area contributed by atoms with Crippen molar-refractivity contribution in [2.24, 2.45) is 0 Å². The van der Waals surface area contributed by atoms with Gasteiger partial charge in [-0.15, -0.1) is 0 Å². The van der Waals surface area contributed by atoms with E-state index in [1.54, 1.807) is 10.9 Å². The second-order valence-corrected chi connectivity index (χ2v) is 7.77. The number of nitrogens with zero attached hydrogens (tertiary/aromatic N) is 3. The zero-order valence-electron chi connectivity index (χ0n) is 13.1. The van der Waals surface area contributed by atoms with Crippen LogP contribution in [-0.4, -0.2) is 47.7 Å². The van der Waals surface area contributed by atoms with Crippen molar-refractivity contribution in [1.29, 1.82) is 0 Å². The van der Waals surface area contributed by atoms with Gasteiger partial charge in [0.25, 0.3) is 0 Å².